The van der Waals surface area contributed by atoms with Crippen LogP contribution in [0.5, 0.6) is 0 Å². The first-order valence-corrected chi connectivity index (χ1v) is 5.80. The van der Waals surface area contributed by atoms with Crippen LogP contribution in [0.3, 0.4) is 0 Å². The van der Waals surface area contributed by atoms with Gasteiger partial charge in [-0.25, -0.2) is 9.18 Å². The van der Waals surface area contributed by atoms with E-state index < -0.39 is 17.8 Å². The second kappa shape index (κ2) is 5.16. The summed E-state index contributed by atoms with van der Waals surface area (Å²) in [6.45, 7) is 1.67. The van der Waals surface area contributed by atoms with E-state index in [-0.39, 0.29) is 0 Å². The molecule has 7 heteroatoms. The molecule has 1 unspecified atom stereocenters. The summed E-state index contributed by atoms with van der Waals surface area (Å²) in [5, 5.41) is 12.1. The normalized spacial score (nSPS) is 17.5. The van der Waals surface area contributed by atoms with E-state index in [1.807, 2.05) is 4.90 Å². The number of aliphatic carboxylic acids is 1. The maximum Gasteiger partial charge on any atom is 0.361 e. The zero-order valence-corrected chi connectivity index (χ0v) is 9.75. The number of piperidine rings is 1. The van der Waals surface area contributed by atoms with Crippen molar-refractivity contribution in [1.29, 1.82) is 0 Å². The number of aromatic nitrogens is 2. The standard InChI is InChI=1S/C11H14FN3O3/c12-10(11(17)18)15-9(16)6-8(7-13-15)14-4-2-1-3-5-14/h6-7,10H,1-5H2,(H,17,18). The van der Waals surface area contributed by atoms with Crippen molar-refractivity contribution >= 4 is 11.7 Å². The Labute approximate surface area is 103 Å². The van der Waals surface area contributed by atoms with E-state index in [4.69, 9.17) is 5.11 Å². The van der Waals surface area contributed by atoms with Gasteiger partial charge in [-0.15, -0.1) is 0 Å². The fraction of sp³-hybridized carbons (Fsp3) is 0.545. The molecule has 1 aliphatic heterocycles. The number of nitrogens with zero attached hydrogens (tertiary/aromatic N) is 3. The number of anilines is 1. The van der Waals surface area contributed by atoms with Crippen LogP contribution in [0.4, 0.5) is 10.1 Å². The molecule has 1 atom stereocenters. The van der Waals surface area contributed by atoms with Crippen molar-refractivity contribution in [3.63, 3.8) is 0 Å². The maximum atomic E-state index is 13.2. The molecular formula is C11H14FN3O3. The highest BCUT2D eigenvalue weighted by Gasteiger charge is 2.21. The molecule has 18 heavy (non-hydrogen) atoms. The van der Waals surface area contributed by atoms with Crippen molar-refractivity contribution in [1.82, 2.24) is 9.78 Å². The predicted molar refractivity (Wildman–Crippen MR) is 62.3 cm³/mol. The Morgan fingerprint density at radius 2 is 2.06 bits per heavy atom. The predicted octanol–water partition coefficient (Wildman–Crippen LogP) is 0.786. The van der Waals surface area contributed by atoms with Crippen LogP contribution in [-0.4, -0.2) is 33.9 Å². The highest BCUT2D eigenvalue weighted by atomic mass is 19.1. The van der Waals surface area contributed by atoms with Gasteiger partial charge in [0.15, 0.2) is 0 Å². The molecule has 1 aliphatic rings. The molecule has 0 amide bonds. The summed E-state index contributed by atoms with van der Waals surface area (Å²) >= 11 is 0. The lowest BCUT2D eigenvalue weighted by molar-refractivity contribution is -0.147. The zero-order chi connectivity index (χ0) is 13.1. The van der Waals surface area contributed by atoms with E-state index in [2.05, 4.69) is 5.10 Å². The van der Waals surface area contributed by atoms with Gasteiger partial charge >= 0.3 is 5.97 Å². The second-order valence-electron chi connectivity index (χ2n) is 4.22. The summed E-state index contributed by atoms with van der Waals surface area (Å²) in [5.41, 5.74) is -0.124. The Bertz CT molecular complexity index is 497. The third kappa shape index (κ3) is 2.49. The molecular weight excluding hydrogens is 241 g/mol. The summed E-state index contributed by atoms with van der Waals surface area (Å²) < 4.78 is 13.5. The fourth-order valence-corrected chi connectivity index (χ4v) is 2.01. The van der Waals surface area contributed by atoms with Crippen molar-refractivity contribution in [2.24, 2.45) is 0 Å². The van der Waals surface area contributed by atoms with Crippen LogP contribution in [-0.2, 0) is 4.79 Å². The summed E-state index contributed by atoms with van der Waals surface area (Å²) in [6, 6.07) is 1.23. The Morgan fingerprint density at radius 1 is 1.39 bits per heavy atom. The van der Waals surface area contributed by atoms with Gasteiger partial charge in [-0.1, -0.05) is 0 Å². The lowest BCUT2D eigenvalue weighted by Crippen LogP contribution is -2.33. The molecule has 6 nitrogen and oxygen atoms in total. The Balaban J connectivity index is 2.24. The van der Waals surface area contributed by atoms with Crippen molar-refractivity contribution in [2.45, 2.75) is 25.6 Å². The number of alkyl halides is 1. The van der Waals surface area contributed by atoms with E-state index >= 15 is 0 Å². The van der Waals surface area contributed by atoms with Gasteiger partial charge in [0.25, 0.3) is 11.9 Å². The Morgan fingerprint density at radius 3 is 2.61 bits per heavy atom. The number of rotatable bonds is 3. The van der Waals surface area contributed by atoms with Gasteiger partial charge in [-0.05, 0) is 19.3 Å². The van der Waals surface area contributed by atoms with Crippen LogP contribution >= 0.6 is 0 Å². The first-order valence-electron chi connectivity index (χ1n) is 5.80. The summed E-state index contributed by atoms with van der Waals surface area (Å²) in [4.78, 5) is 24.0. The van der Waals surface area contributed by atoms with Gasteiger partial charge in [0, 0.05) is 19.2 Å². The Hall–Kier alpha value is -1.92. The second-order valence-corrected chi connectivity index (χ2v) is 4.22. The molecule has 1 N–H and O–H groups in total. The van der Waals surface area contributed by atoms with E-state index in [1.54, 1.807) is 0 Å². The van der Waals surface area contributed by atoms with Gasteiger partial charge in [0.1, 0.15) is 0 Å². The SMILES string of the molecule is O=C(O)C(F)n1ncc(N2CCCCC2)cc1=O. The van der Waals surface area contributed by atoms with E-state index in [9.17, 15) is 14.0 Å². The van der Waals surface area contributed by atoms with Crippen molar-refractivity contribution in [2.75, 3.05) is 18.0 Å². The third-order valence-corrected chi connectivity index (χ3v) is 2.95. The third-order valence-electron chi connectivity index (χ3n) is 2.95. The van der Waals surface area contributed by atoms with Crippen molar-refractivity contribution < 1.29 is 14.3 Å². The molecule has 0 bridgehead atoms. The minimum Gasteiger partial charge on any atom is -0.478 e. The molecule has 2 heterocycles. The van der Waals surface area contributed by atoms with Crippen LogP contribution < -0.4 is 10.5 Å². The smallest absolute Gasteiger partial charge is 0.361 e. The topological polar surface area (TPSA) is 75.4 Å². The van der Waals surface area contributed by atoms with Crippen molar-refractivity contribution in [3.05, 3.63) is 22.6 Å². The van der Waals surface area contributed by atoms with Crippen LogP contribution in [0.15, 0.2) is 17.1 Å². The molecule has 1 aromatic rings. The maximum absolute atomic E-state index is 13.2. The molecule has 0 spiro atoms. The van der Waals surface area contributed by atoms with Crippen LogP contribution in [0.1, 0.15) is 25.6 Å². The Kier molecular flexibility index (Phi) is 3.59. The quantitative estimate of drug-likeness (QED) is 0.864. The summed E-state index contributed by atoms with van der Waals surface area (Å²) in [5.74, 6) is -1.73. The average molecular weight is 255 g/mol. The highest BCUT2D eigenvalue weighted by Crippen LogP contribution is 2.17. The lowest BCUT2D eigenvalue weighted by atomic mass is 10.1. The number of carbonyl (C=O) groups is 1. The van der Waals surface area contributed by atoms with E-state index in [1.165, 1.54) is 12.3 Å². The zero-order valence-electron chi connectivity index (χ0n) is 9.75. The van der Waals surface area contributed by atoms with Gasteiger partial charge in [0.05, 0.1) is 11.9 Å². The summed E-state index contributed by atoms with van der Waals surface area (Å²) in [6.07, 6.45) is 2.15. The molecule has 1 aromatic heterocycles. The molecule has 0 radical (unpaired) electrons. The van der Waals surface area contributed by atoms with Gasteiger partial charge in [0.2, 0.25) is 0 Å². The average Bonchev–Trinajstić information content (AvgIpc) is 2.38. The largest absolute Gasteiger partial charge is 0.478 e. The van der Waals surface area contributed by atoms with Gasteiger partial charge in [-0.3, -0.25) is 4.79 Å². The molecule has 0 aromatic carbocycles. The number of carboxylic acids is 1. The highest BCUT2D eigenvalue weighted by molar-refractivity contribution is 5.69. The van der Waals surface area contributed by atoms with E-state index in [0.29, 0.717) is 10.4 Å². The van der Waals surface area contributed by atoms with Gasteiger partial charge < -0.3 is 10.0 Å². The summed E-state index contributed by atoms with van der Waals surface area (Å²) in [7, 11) is 0. The van der Waals surface area contributed by atoms with Gasteiger partial charge in [-0.2, -0.15) is 9.78 Å². The molecule has 0 saturated carbocycles. The lowest BCUT2D eigenvalue weighted by Gasteiger charge is -2.28. The number of hydrogen-bond donors (Lipinski definition) is 1. The molecule has 98 valence electrons. The number of hydrogen-bond acceptors (Lipinski definition) is 4. The van der Waals surface area contributed by atoms with Crippen LogP contribution in [0.25, 0.3) is 0 Å². The monoisotopic (exact) mass is 255 g/mol. The van der Waals surface area contributed by atoms with Crippen molar-refractivity contribution in [3.8, 4) is 0 Å². The molecule has 0 aliphatic carbocycles. The molecule has 1 saturated heterocycles. The van der Waals surface area contributed by atoms with Crippen LogP contribution in [0, 0.1) is 0 Å². The molecule has 1 fully saturated rings. The van der Waals surface area contributed by atoms with Crippen LogP contribution in [0.2, 0.25) is 0 Å². The minimum absolute atomic E-state index is 0.329. The first kappa shape index (κ1) is 12.5. The minimum atomic E-state index is -2.44. The number of halogens is 1. The first-order chi connectivity index (χ1) is 8.59. The number of carboxylic acid groups (broad SMARTS) is 1. The van der Waals surface area contributed by atoms with E-state index in [0.717, 1.165) is 32.4 Å². The fourth-order valence-electron chi connectivity index (χ4n) is 2.01. The molecule has 2 rings (SSSR count).